The Morgan fingerprint density at radius 2 is 2.21 bits per heavy atom. The van der Waals surface area contributed by atoms with Crippen molar-refractivity contribution in [3.8, 4) is 0 Å². The van der Waals surface area contributed by atoms with Crippen LogP contribution in [0, 0.1) is 11.3 Å². The average molecular weight is 187 g/mol. The highest BCUT2D eigenvalue weighted by molar-refractivity contribution is 5.98. The Balaban J connectivity index is 3.17. The van der Waals surface area contributed by atoms with Gasteiger partial charge >= 0.3 is 0 Å². The molecule has 0 aliphatic heterocycles. The molecule has 0 aromatic heterocycles. The third-order valence-corrected chi connectivity index (χ3v) is 2.74. The number of hydrogen-bond donors (Lipinski definition) is 1. The molecule has 0 unspecified atom stereocenters. The Hall–Kier alpha value is -1.37. The SMILES string of the molecule is C=CC(=C)C1=C(CC)[C@H](C)C(=N)C=C1. The number of allylic oxidation sites excluding steroid dienone is 6. The van der Waals surface area contributed by atoms with Crippen molar-refractivity contribution in [1.29, 1.82) is 5.41 Å². The summed E-state index contributed by atoms with van der Waals surface area (Å²) >= 11 is 0. The van der Waals surface area contributed by atoms with Crippen LogP contribution in [-0.4, -0.2) is 5.71 Å². The molecule has 0 heterocycles. The summed E-state index contributed by atoms with van der Waals surface area (Å²) in [6.45, 7) is 11.9. The second-order valence-electron chi connectivity index (χ2n) is 3.53. The topological polar surface area (TPSA) is 23.9 Å². The van der Waals surface area contributed by atoms with Gasteiger partial charge in [-0.25, -0.2) is 0 Å². The molecule has 1 aliphatic rings. The van der Waals surface area contributed by atoms with Gasteiger partial charge in [-0.05, 0) is 23.6 Å². The molecule has 0 saturated carbocycles. The van der Waals surface area contributed by atoms with Crippen molar-refractivity contribution >= 4 is 5.71 Å². The molecule has 0 aromatic rings. The lowest BCUT2D eigenvalue weighted by molar-refractivity contribution is 0.831. The lowest BCUT2D eigenvalue weighted by Crippen LogP contribution is -2.15. The van der Waals surface area contributed by atoms with Crippen LogP contribution >= 0.6 is 0 Å². The largest absolute Gasteiger partial charge is 0.305 e. The van der Waals surface area contributed by atoms with Gasteiger partial charge in [-0.15, -0.1) is 0 Å². The Kier molecular flexibility index (Phi) is 3.23. The number of rotatable bonds is 3. The van der Waals surface area contributed by atoms with E-state index >= 15 is 0 Å². The summed E-state index contributed by atoms with van der Waals surface area (Å²) in [5.74, 6) is 0.219. The van der Waals surface area contributed by atoms with Gasteiger partial charge in [-0.2, -0.15) is 0 Å². The zero-order valence-electron chi connectivity index (χ0n) is 8.93. The molecule has 74 valence electrons. The van der Waals surface area contributed by atoms with E-state index in [4.69, 9.17) is 5.41 Å². The monoisotopic (exact) mass is 187 g/mol. The fraction of sp³-hybridized carbons (Fsp3) is 0.308. The van der Waals surface area contributed by atoms with Crippen LogP contribution in [0.4, 0.5) is 0 Å². The summed E-state index contributed by atoms with van der Waals surface area (Å²) in [4.78, 5) is 0. The van der Waals surface area contributed by atoms with Gasteiger partial charge in [0.15, 0.2) is 0 Å². The molecule has 1 nitrogen and oxygen atoms in total. The fourth-order valence-corrected chi connectivity index (χ4v) is 1.77. The van der Waals surface area contributed by atoms with E-state index < -0.39 is 0 Å². The summed E-state index contributed by atoms with van der Waals surface area (Å²) in [7, 11) is 0. The van der Waals surface area contributed by atoms with E-state index in [-0.39, 0.29) is 5.92 Å². The third-order valence-electron chi connectivity index (χ3n) is 2.74. The molecule has 0 saturated heterocycles. The van der Waals surface area contributed by atoms with Crippen LogP contribution < -0.4 is 0 Å². The highest BCUT2D eigenvalue weighted by Crippen LogP contribution is 2.29. The Morgan fingerprint density at radius 3 is 2.71 bits per heavy atom. The summed E-state index contributed by atoms with van der Waals surface area (Å²) in [5, 5.41) is 7.74. The summed E-state index contributed by atoms with van der Waals surface area (Å²) in [5.41, 5.74) is 4.09. The quantitative estimate of drug-likeness (QED) is 0.652. The first-order valence-electron chi connectivity index (χ1n) is 4.93. The van der Waals surface area contributed by atoms with Crippen LogP contribution in [0.25, 0.3) is 0 Å². The second-order valence-corrected chi connectivity index (χ2v) is 3.53. The van der Waals surface area contributed by atoms with E-state index in [1.54, 1.807) is 6.08 Å². The maximum absolute atomic E-state index is 7.74. The Bertz CT molecular complexity index is 342. The van der Waals surface area contributed by atoms with Crippen LogP contribution in [0.2, 0.25) is 0 Å². The molecule has 1 atom stereocenters. The van der Waals surface area contributed by atoms with E-state index in [2.05, 4.69) is 27.0 Å². The minimum absolute atomic E-state index is 0.219. The average Bonchev–Trinajstić information content (AvgIpc) is 2.20. The van der Waals surface area contributed by atoms with E-state index in [9.17, 15) is 0 Å². The van der Waals surface area contributed by atoms with Crippen LogP contribution in [0.3, 0.4) is 0 Å². The molecule has 0 fully saturated rings. The maximum atomic E-state index is 7.74. The van der Waals surface area contributed by atoms with E-state index in [1.165, 1.54) is 5.57 Å². The van der Waals surface area contributed by atoms with Gasteiger partial charge in [-0.1, -0.05) is 44.7 Å². The molecule has 0 spiro atoms. The van der Waals surface area contributed by atoms with Gasteiger partial charge in [0.05, 0.1) is 0 Å². The van der Waals surface area contributed by atoms with Crippen LogP contribution in [0.5, 0.6) is 0 Å². The van der Waals surface area contributed by atoms with Gasteiger partial charge in [0.25, 0.3) is 0 Å². The highest BCUT2D eigenvalue weighted by Gasteiger charge is 2.18. The molecular weight excluding hydrogens is 170 g/mol. The molecule has 14 heavy (non-hydrogen) atoms. The molecule has 0 bridgehead atoms. The molecule has 0 radical (unpaired) electrons. The van der Waals surface area contributed by atoms with Gasteiger partial charge in [0.1, 0.15) is 0 Å². The second kappa shape index (κ2) is 4.23. The lowest BCUT2D eigenvalue weighted by Gasteiger charge is -2.22. The minimum Gasteiger partial charge on any atom is -0.305 e. The van der Waals surface area contributed by atoms with Gasteiger partial charge < -0.3 is 5.41 Å². The Labute approximate surface area is 86.0 Å². The van der Waals surface area contributed by atoms with Gasteiger partial charge in [0, 0.05) is 11.6 Å². The zero-order chi connectivity index (χ0) is 10.7. The van der Waals surface area contributed by atoms with Crippen molar-refractivity contribution in [1.82, 2.24) is 0 Å². The van der Waals surface area contributed by atoms with Crippen molar-refractivity contribution in [2.45, 2.75) is 20.3 Å². The molecular formula is C13H17N. The first-order chi connectivity index (χ1) is 6.61. The highest BCUT2D eigenvalue weighted by atomic mass is 14.4. The van der Waals surface area contributed by atoms with Crippen molar-refractivity contribution in [2.75, 3.05) is 0 Å². The summed E-state index contributed by atoms with van der Waals surface area (Å²) in [6.07, 6.45) is 6.58. The summed E-state index contributed by atoms with van der Waals surface area (Å²) < 4.78 is 0. The predicted molar refractivity (Wildman–Crippen MR) is 62.7 cm³/mol. The number of hydrogen-bond acceptors (Lipinski definition) is 1. The van der Waals surface area contributed by atoms with E-state index in [0.29, 0.717) is 5.71 Å². The lowest BCUT2D eigenvalue weighted by atomic mass is 9.83. The first kappa shape index (κ1) is 10.7. The van der Waals surface area contributed by atoms with Gasteiger partial charge in [0.2, 0.25) is 0 Å². The predicted octanol–water partition coefficient (Wildman–Crippen LogP) is 3.66. The molecule has 1 heteroatoms. The van der Waals surface area contributed by atoms with Crippen LogP contribution in [0.15, 0.2) is 48.1 Å². The van der Waals surface area contributed by atoms with Crippen molar-refractivity contribution in [3.05, 3.63) is 48.1 Å². The normalized spacial score (nSPS) is 21.3. The molecule has 1 rings (SSSR count). The fourth-order valence-electron chi connectivity index (χ4n) is 1.77. The van der Waals surface area contributed by atoms with E-state index in [0.717, 1.165) is 17.6 Å². The van der Waals surface area contributed by atoms with Crippen molar-refractivity contribution < 1.29 is 0 Å². The molecule has 1 aliphatic carbocycles. The van der Waals surface area contributed by atoms with E-state index in [1.807, 2.05) is 12.2 Å². The molecule has 0 amide bonds. The zero-order valence-corrected chi connectivity index (χ0v) is 8.93. The van der Waals surface area contributed by atoms with Gasteiger partial charge in [-0.3, -0.25) is 0 Å². The maximum Gasteiger partial charge on any atom is 0.0383 e. The van der Waals surface area contributed by atoms with Crippen LogP contribution in [0.1, 0.15) is 20.3 Å². The van der Waals surface area contributed by atoms with Crippen LogP contribution in [-0.2, 0) is 0 Å². The summed E-state index contributed by atoms with van der Waals surface area (Å²) in [6, 6.07) is 0. The third kappa shape index (κ3) is 1.77. The minimum atomic E-state index is 0.219. The number of nitrogens with one attached hydrogen (secondary N) is 1. The Morgan fingerprint density at radius 1 is 1.57 bits per heavy atom. The van der Waals surface area contributed by atoms with Crippen molar-refractivity contribution in [2.24, 2.45) is 5.92 Å². The smallest absolute Gasteiger partial charge is 0.0383 e. The standard InChI is InChI=1S/C13H17N/c1-5-9(3)12-7-8-13(14)10(4)11(12)6-2/h5,7-8,10,14H,1,3,6H2,2,4H3/t10-/m0/s1. The van der Waals surface area contributed by atoms with Crippen molar-refractivity contribution in [3.63, 3.8) is 0 Å². The first-order valence-corrected chi connectivity index (χ1v) is 4.93. The molecule has 0 aromatic carbocycles. The molecule has 1 N–H and O–H groups in total.